The summed E-state index contributed by atoms with van der Waals surface area (Å²) in [5, 5.41) is 3.37. The van der Waals surface area contributed by atoms with Gasteiger partial charge in [0.15, 0.2) is 12.0 Å². The van der Waals surface area contributed by atoms with Gasteiger partial charge in [-0.15, -0.1) is 11.3 Å². The Morgan fingerprint density at radius 3 is 2.58 bits per heavy atom. The van der Waals surface area contributed by atoms with Crippen molar-refractivity contribution in [3.63, 3.8) is 0 Å². The van der Waals surface area contributed by atoms with Crippen LogP contribution in [-0.2, 0) is 19.1 Å². The standard InChI is InChI=1S/C22H19NO7S/c1-13(2)21(26)28-10-9-23-22(27)30-19(24)12-29-14-7-8-18-16(11-14)20(25)15-5-3-4-6-17(15)31-18/h3-8,11H,1,9-10,12H2,2H3,(H,23,27). The maximum atomic E-state index is 12.7. The van der Waals surface area contributed by atoms with Gasteiger partial charge in [0, 0.05) is 25.7 Å². The fourth-order valence-corrected chi connectivity index (χ4v) is 3.66. The minimum Gasteiger partial charge on any atom is -0.482 e. The van der Waals surface area contributed by atoms with Gasteiger partial charge in [-0.1, -0.05) is 18.7 Å². The van der Waals surface area contributed by atoms with E-state index >= 15 is 0 Å². The van der Waals surface area contributed by atoms with Crippen LogP contribution in [0.3, 0.4) is 0 Å². The molecule has 1 heterocycles. The molecular formula is C22H19NO7S. The second kappa shape index (κ2) is 9.86. The highest BCUT2D eigenvalue weighted by molar-refractivity contribution is 7.24. The van der Waals surface area contributed by atoms with E-state index in [-0.39, 0.29) is 24.2 Å². The van der Waals surface area contributed by atoms with E-state index in [0.29, 0.717) is 16.5 Å². The molecule has 9 heteroatoms. The Labute approximate surface area is 181 Å². The lowest BCUT2D eigenvalue weighted by Gasteiger charge is -2.08. The number of alkyl carbamates (subject to hydrolysis) is 1. The average Bonchev–Trinajstić information content (AvgIpc) is 2.75. The van der Waals surface area contributed by atoms with Crippen LogP contribution in [0.4, 0.5) is 4.79 Å². The number of fused-ring (bicyclic) bond motifs is 2. The Kier molecular flexibility index (Phi) is 6.99. The zero-order chi connectivity index (χ0) is 22.4. The Morgan fingerprint density at radius 1 is 1.06 bits per heavy atom. The van der Waals surface area contributed by atoms with Crippen LogP contribution in [0.25, 0.3) is 20.2 Å². The van der Waals surface area contributed by atoms with Gasteiger partial charge in [0.05, 0.1) is 6.54 Å². The molecule has 0 unspecified atom stereocenters. The first kappa shape index (κ1) is 22.0. The summed E-state index contributed by atoms with van der Waals surface area (Å²) < 4.78 is 16.4. The third-order valence-electron chi connectivity index (χ3n) is 4.06. The van der Waals surface area contributed by atoms with Crippen molar-refractivity contribution in [1.82, 2.24) is 5.32 Å². The third kappa shape index (κ3) is 5.67. The van der Waals surface area contributed by atoms with Crippen molar-refractivity contribution in [2.45, 2.75) is 6.92 Å². The van der Waals surface area contributed by atoms with E-state index in [1.807, 2.05) is 12.1 Å². The number of nitrogens with one attached hydrogen (secondary N) is 1. The zero-order valence-corrected chi connectivity index (χ0v) is 17.5. The summed E-state index contributed by atoms with van der Waals surface area (Å²) in [4.78, 5) is 47.3. The Morgan fingerprint density at radius 2 is 1.81 bits per heavy atom. The molecule has 0 saturated carbocycles. The zero-order valence-electron chi connectivity index (χ0n) is 16.6. The van der Waals surface area contributed by atoms with Gasteiger partial charge in [0.25, 0.3) is 0 Å². The highest BCUT2D eigenvalue weighted by Crippen LogP contribution is 2.27. The molecule has 3 rings (SSSR count). The van der Waals surface area contributed by atoms with Gasteiger partial charge in [-0.25, -0.2) is 14.4 Å². The second-order valence-electron chi connectivity index (χ2n) is 6.48. The molecule has 0 saturated heterocycles. The lowest BCUT2D eigenvalue weighted by atomic mass is 10.2. The number of carbonyl (C=O) groups is 3. The van der Waals surface area contributed by atoms with E-state index in [4.69, 9.17) is 9.47 Å². The Bertz CT molecular complexity index is 1230. The Hall–Kier alpha value is -3.72. The van der Waals surface area contributed by atoms with Gasteiger partial charge in [-0.05, 0) is 37.3 Å². The molecule has 0 aliphatic carbocycles. The van der Waals surface area contributed by atoms with Crippen molar-refractivity contribution in [3.05, 3.63) is 64.8 Å². The van der Waals surface area contributed by atoms with Crippen LogP contribution in [0, 0.1) is 0 Å². The normalized spacial score (nSPS) is 10.5. The fraction of sp³-hybridized carbons (Fsp3) is 0.182. The van der Waals surface area contributed by atoms with E-state index < -0.39 is 24.6 Å². The molecule has 0 aliphatic rings. The van der Waals surface area contributed by atoms with E-state index in [2.05, 4.69) is 16.6 Å². The highest BCUT2D eigenvalue weighted by atomic mass is 32.1. The smallest absolute Gasteiger partial charge is 0.415 e. The van der Waals surface area contributed by atoms with Gasteiger partial charge in [0.2, 0.25) is 0 Å². The van der Waals surface area contributed by atoms with Gasteiger partial charge in [0.1, 0.15) is 12.4 Å². The molecule has 0 spiro atoms. The first-order chi connectivity index (χ1) is 14.8. The number of hydrogen-bond acceptors (Lipinski definition) is 8. The number of benzene rings is 2. The molecule has 8 nitrogen and oxygen atoms in total. The van der Waals surface area contributed by atoms with Gasteiger partial charge in [-0.2, -0.15) is 0 Å². The largest absolute Gasteiger partial charge is 0.482 e. The van der Waals surface area contributed by atoms with Gasteiger partial charge >= 0.3 is 18.0 Å². The van der Waals surface area contributed by atoms with Crippen LogP contribution in [0.15, 0.2) is 59.4 Å². The van der Waals surface area contributed by atoms with Crippen LogP contribution in [0.2, 0.25) is 0 Å². The maximum Gasteiger partial charge on any atom is 0.415 e. The summed E-state index contributed by atoms with van der Waals surface area (Å²) in [6.07, 6.45) is -0.992. The lowest BCUT2D eigenvalue weighted by molar-refractivity contribution is -0.141. The predicted octanol–water partition coefficient (Wildman–Crippen LogP) is 3.17. The van der Waals surface area contributed by atoms with Crippen molar-refractivity contribution < 1.29 is 28.6 Å². The number of amides is 1. The van der Waals surface area contributed by atoms with Crippen LogP contribution in [-0.4, -0.2) is 37.8 Å². The number of esters is 2. The molecule has 0 bridgehead atoms. The van der Waals surface area contributed by atoms with Gasteiger partial charge < -0.3 is 19.5 Å². The molecule has 31 heavy (non-hydrogen) atoms. The minimum absolute atomic E-state index is 0.0297. The summed E-state index contributed by atoms with van der Waals surface area (Å²) in [6.45, 7) is 4.29. The minimum atomic E-state index is -0.992. The van der Waals surface area contributed by atoms with Gasteiger partial charge in [-0.3, -0.25) is 4.79 Å². The van der Waals surface area contributed by atoms with E-state index in [9.17, 15) is 19.2 Å². The topological polar surface area (TPSA) is 108 Å². The van der Waals surface area contributed by atoms with Crippen molar-refractivity contribution in [3.8, 4) is 5.75 Å². The fourth-order valence-electron chi connectivity index (χ4n) is 2.60. The summed E-state index contributed by atoms with van der Waals surface area (Å²) in [6, 6.07) is 12.3. The highest BCUT2D eigenvalue weighted by Gasteiger charge is 2.12. The molecule has 1 aromatic heterocycles. The molecule has 0 fully saturated rings. The molecule has 160 valence electrons. The SMILES string of the molecule is C=C(C)C(=O)OCCNC(=O)OC(=O)COc1ccc2sc3ccccc3c(=O)c2c1. The molecule has 0 aliphatic heterocycles. The average molecular weight is 441 g/mol. The van der Waals surface area contributed by atoms with Crippen molar-refractivity contribution >= 4 is 49.5 Å². The van der Waals surface area contributed by atoms with E-state index in [0.717, 1.165) is 9.40 Å². The monoisotopic (exact) mass is 441 g/mol. The first-order valence-electron chi connectivity index (χ1n) is 9.24. The van der Waals surface area contributed by atoms with Crippen LogP contribution >= 0.6 is 11.3 Å². The van der Waals surface area contributed by atoms with E-state index in [1.165, 1.54) is 18.3 Å². The predicted molar refractivity (Wildman–Crippen MR) is 116 cm³/mol. The maximum absolute atomic E-state index is 12.7. The molecular weight excluding hydrogens is 422 g/mol. The van der Waals surface area contributed by atoms with E-state index in [1.54, 1.807) is 30.3 Å². The third-order valence-corrected chi connectivity index (χ3v) is 5.22. The molecule has 2 aromatic carbocycles. The molecule has 1 N–H and O–H groups in total. The first-order valence-corrected chi connectivity index (χ1v) is 10.1. The summed E-state index contributed by atoms with van der Waals surface area (Å²) in [5.41, 5.74) is 0.116. The van der Waals surface area contributed by atoms with Crippen LogP contribution < -0.4 is 15.5 Å². The van der Waals surface area contributed by atoms with Crippen molar-refractivity contribution in [2.75, 3.05) is 19.8 Å². The summed E-state index contributed by atoms with van der Waals surface area (Å²) in [7, 11) is 0. The van der Waals surface area contributed by atoms with Crippen molar-refractivity contribution in [1.29, 1.82) is 0 Å². The number of hydrogen-bond donors (Lipinski definition) is 1. The Balaban J connectivity index is 1.53. The summed E-state index contributed by atoms with van der Waals surface area (Å²) >= 11 is 1.48. The number of carbonyl (C=O) groups excluding carboxylic acids is 3. The molecule has 1 amide bonds. The molecule has 3 aromatic rings. The number of rotatable bonds is 7. The van der Waals surface area contributed by atoms with Crippen molar-refractivity contribution in [2.24, 2.45) is 0 Å². The number of ether oxygens (including phenoxy) is 3. The summed E-state index contributed by atoms with van der Waals surface area (Å²) in [5.74, 6) is -1.19. The quantitative estimate of drug-likeness (QED) is 0.197. The second-order valence-corrected chi connectivity index (χ2v) is 7.56. The van der Waals surface area contributed by atoms with Crippen LogP contribution in [0.1, 0.15) is 6.92 Å². The molecule has 0 radical (unpaired) electrons. The van der Waals surface area contributed by atoms with Crippen LogP contribution in [0.5, 0.6) is 5.75 Å². The molecule has 0 atom stereocenters. The lowest BCUT2D eigenvalue weighted by Crippen LogP contribution is -2.31.